The van der Waals surface area contributed by atoms with Crippen molar-refractivity contribution in [3.8, 4) is 0 Å². The number of aryl methyl sites for hydroxylation is 2. The van der Waals surface area contributed by atoms with Crippen molar-refractivity contribution in [2.24, 2.45) is 7.05 Å². The summed E-state index contributed by atoms with van der Waals surface area (Å²) in [6, 6.07) is 21.3. The maximum Gasteiger partial charge on any atom is 0.254 e. The van der Waals surface area contributed by atoms with Crippen LogP contribution in [0.1, 0.15) is 39.0 Å². The summed E-state index contributed by atoms with van der Waals surface area (Å²) in [7, 11) is 3.65. The highest BCUT2D eigenvalue weighted by atomic mass is 35.5. The summed E-state index contributed by atoms with van der Waals surface area (Å²) in [5.41, 5.74) is 5.70. The normalized spacial score (nSPS) is 19.1. The fraction of sp³-hybridized carbons (Fsp3) is 0.333. The monoisotopic (exact) mass is 570 g/mol. The maximum absolute atomic E-state index is 14.6. The Balaban J connectivity index is 1.40. The molecular weight excluding hydrogens is 536 g/mol. The molecule has 6 rings (SSSR count). The standard InChI is InChI=1S/C33H35ClN4O3/c1-22-12-13-23(34)20-29(22)36-14-16-37(17-15-36)33(40)30-25-9-4-5-10-26(25)32(39)38(18-19-41-3)31(30)27-21-35(2)28-11-7-6-8-24(27)28/h4-13,20-21,30-31H,14-19H2,1-3H3. The summed E-state index contributed by atoms with van der Waals surface area (Å²) in [6.07, 6.45) is 2.08. The number of methoxy groups -OCH3 is 1. The number of benzene rings is 3. The topological polar surface area (TPSA) is 58.0 Å². The van der Waals surface area contributed by atoms with Crippen LogP contribution in [-0.2, 0) is 16.6 Å². The number of carbonyl (C=O) groups is 2. The van der Waals surface area contributed by atoms with Gasteiger partial charge in [0.15, 0.2) is 0 Å². The lowest BCUT2D eigenvalue weighted by atomic mass is 9.78. The van der Waals surface area contributed by atoms with Gasteiger partial charge in [0.1, 0.15) is 0 Å². The van der Waals surface area contributed by atoms with E-state index in [4.69, 9.17) is 16.3 Å². The average molecular weight is 571 g/mol. The van der Waals surface area contributed by atoms with Gasteiger partial charge >= 0.3 is 0 Å². The van der Waals surface area contributed by atoms with Crippen molar-refractivity contribution in [1.82, 2.24) is 14.4 Å². The zero-order chi connectivity index (χ0) is 28.7. The summed E-state index contributed by atoms with van der Waals surface area (Å²) >= 11 is 6.31. The molecule has 2 aliphatic rings. The van der Waals surface area contributed by atoms with E-state index < -0.39 is 12.0 Å². The second-order valence-electron chi connectivity index (χ2n) is 11.0. The van der Waals surface area contributed by atoms with Crippen LogP contribution in [0.5, 0.6) is 0 Å². The molecule has 2 atom stereocenters. The smallest absolute Gasteiger partial charge is 0.254 e. The van der Waals surface area contributed by atoms with E-state index in [1.807, 2.05) is 71.4 Å². The number of rotatable bonds is 6. The summed E-state index contributed by atoms with van der Waals surface area (Å²) in [5, 5.41) is 1.76. The highest BCUT2D eigenvalue weighted by molar-refractivity contribution is 6.30. The van der Waals surface area contributed by atoms with Crippen molar-refractivity contribution in [2.75, 3.05) is 51.3 Å². The number of hydrogen-bond acceptors (Lipinski definition) is 4. The Bertz CT molecular complexity index is 1610. The van der Waals surface area contributed by atoms with Gasteiger partial charge in [-0.3, -0.25) is 9.59 Å². The summed E-state index contributed by atoms with van der Waals surface area (Å²) in [4.78, 5) is 34.7. The Morgan fingerprint density at radius 2 is 1.71 bits per heavy atom. The van der Waals surface area contributed by atoms with Crippen LogP contribution in [0.2, 0.25) is 5.02 Å². The molecule has 7 nitrogen and oxygen atoms in total. The number of aromatic nitrogens is 1. The molecule has 4 aromatic rings. The zero-order valence-corrected chi connectivity index (χ0v) is 24.5. The van der Waals surface area contributed by atoms with E-state index in [1.165, 1.54) is 5.56 Å². The fourth-order valence-corrected chi connectivity index (χ4v) is 6.70. The zero-order valence-electron chi connectivity index (χ0n) is 23.7. The minimum atomic E-state index is -0.536. The SMILES string of the molecule is COCCN1C(=O)c2ccccc2C(C(=O)N2CCN(c3cc(Cl)ccc3C)CC2)C1c1cn(C)c2ccccc12. The molecular formula is C33H35ClN4O3. The van der Waals surface area contributed by atoms with Crippen LogP contribution in [0.15, 0.2) is 72.9 Å². The third-order valence-corrected chi connectivity index (χ3v) is 8.83. The molecule has 3 aromatic carbocycles. The van der Waals surface area contributed by atoms with Crippen LogP contribution >= 0.6 is 11.6 Å². The Kier molecular flexibility index (Phi) is 7.49. The van der Waals surface area contributed by atoms with Gasteiger partial charge < -0.3 is 24.0 Å². The molecule has 0 aliphatic carbocycles. The van der Waals surface area contributed by atoms with Gasteiger partial charge in [0.05, 0.1) is 18.6 Å². The third kappa shape index (κ3) is 4.87. The van der Waals surface area contributed by atoms with Crippen LogP contribution in [-0.4, -0.2) is 72.6 Å². The molecule has 2 aliphatic heterocycles. The van der Waals surface area contributed by atoms with Gasteiger partial charge in [-0.05, 0) is 42.3 Å². The fourth-order valence-electron chi connectivity index (χ4n) is 6.54. The number of fused-ring (bicyclic) bond motifs is 2. The predicted molar refractivity (Wildman–Crippen MR) is 163 cm³/mol. The van der Waals surface area contributed by atoms with Crippen molar-refractivity contribution in [1.29, 1.82) is 0 Å². The van der Waals surface area contributed by atoms with Crippen molar-refractivity contribution in [2.45, 2.75) is 18.9 Å². The minimum absolute atomic E-state index is 0.0489. The van der Waals surface area contributed by atoms with E-state index in [0.717, 1.165) is 27.7 Å². The number of piperazine rings is 1. The lowest BCUT2D eigenvalue weighted by Gasteiger charge is -2.44. The molecule has 212 valence electrons. The molecule has 0 N–H and O–H groups in total. The molecule has 1 fully saturated rings. The van der Waals surface area contributed by atoms with Gasteiger partial charge in [-0.15, -0.1) is 0 Å². The Morgan fingerprint density at radius 3 is 2.49 bits per heavy atom. The molecule has 3 heterocycles. The van der Waals surface area contributed by atoms with Crippen LogP contribution < -0.4 is 4.90 Å². The number of nitrogens with zero attached hydrogens (tertiary/aromatic N) is 4. The van der Waals surface area contributed by atoms with Gasteiger partial charge in [-0.25, -0.2) is 0 Å². The van der Waals surface area contributed by atoms with E-state index in [-0.39, 0.29) is 11.8 Å². The largest absolute Gasteiger partial charge is 0.383 e. The van der Waals surface area contributed by atoms with E-state index in [0.29, 0.717) is 49.9 Å². The second-order valence-corrected chi connectivity index (χ2v) is 11.4. The third-order valence-electron chi connectivity index (χ3n) is 8.59. The van der Waals surface area contributed by atoms with Crippen molar-refractivity contribution < 1.29 is 14.3 Å². The number of para-hydroxylation sites is 1. The molecule has 1 saturated heterocycles. The summed E-state index contributed by atoms with van der Waals surface area (Å²) in [6.45, 7) is 5.48. The first-order valence-corrected chi connectivity index (χ1v) is 14.5. The second kappa shape index (κ2) is 11.2. The highest BCUT2D eigenvalue weighted by Crippen LogP contribution is 2.46. The number of halogens is 1. The summed E-state index contributed by atoms with van der Waals surface area (Å²) in [5.74, 6) is -0.556. The minimum Gasteiger partial charge on any atom is -0.383 e. The molecule has 2 unspecified atom stereocenters. The Hall–Kier alpha value is -3.81. The number of anilines is 1. The first-order chi connectivity index (χ1) is 19.9. The Morgan fingerprint density at radius 1 is 0.976 bits per heavy atom. The van der Waals surface area contributed by atoms with Crippen LogP contribution in [0.25, 0.3) is 10.9 Å². The van der Waals surface area contributed by atoms with Gasteiger partial charge in [-0.2, -0.15) is 0 Å². The van der Waals surface area contributed by atoms with Crippen molar-refractivity contribution in [3.05, 3.63) is 100 Å². The van der Waals surface area contributed by atoms with Crippen LogP contribution in [0.4, 0.5) is 5.69 Å². The molecule has 41 heavy (non-hydrogen) atoms. The van der Waals surface area contributed by atoms with Gasteiger partial charge in [-0.1, -0.05) is 54.1 Å². The van der Waals surface area contributed by atoms with E-state index in [2.05, 4.69) is 34.7 Å². The van der Waals surface area contributed by atoms with Crippen LogP contribution in [0.3, 0.4) is 0 Å². The van der Waals surface area contributed by atoms with Crippen LogP contribution in [0, 0.1) is 6.92 Å². The summed E-state index contributed by atoms with van der Waals surface area (Å²) < 4.78 is 7.51. The van der Waals surface area contributed by atoms with Crippen molar-refractivity contribution >= 4 is 40.0 Å². The molecule has 2 amide bonds. The molecule has 1 aromatic heterocycles. The average Bonchev–Trinajstić information content (AvgIpc) is 3.33. The molecule has 0 bridgehead atoms. The van der Waals surface area contributed by atoms with Gasteiger partial charge in [0, 0.05) is 85.8 Å². The molecule has 0 spiro atoms. The van der Waals surface area contributed by atoms with E-state index >= 15 is 0 Å². The Labute approximate surface area is 245 Å². The van der Waals surface area contributed by atoms with Gasteiger partial charge in [0.25, 0.3) is 5.91 Å². The number of amides is 2. The molecule has 0 saturated carbocycles. The van der Waals surface area contributed by atoms with Gasteiger partial charge in [0.2, 0.25) is 5.91 Å². The predicted octanol–water partition coefficient (Wildman–Crippen LogP) is 5.42. The molecule has 0 radical (unpaired) electrons. The lowest BCUT2D eigenvalue weighted by Crippen LogP contribution is -2.54. The maximum atomic E-state index is 14.6. The number of carbonyl (C=O) groups excluding carboxylic acids is 2. The molecule has 8 heteroatoms. The number of hydrogen-bond donors (Lipinski definition) is 0. The van der Waals surface area contributed by atoms with E-state index in [9.17, 15) is 9.59 Å². The lowest BCUT2D eigenvalue weighted by molar-refractivity contribution is -0.135. The quantitative estimate of drug-likeness (QED) is 0.311. The first kappa shape index (κ1) is 27.4. The van der Waals surface area contributed by atoms with Crippen molar-refractivity contribution in [3.63, 3.8) is 0 Å². The first-order valence-electron chi connectivity index (χ1n) is 14.1. The number of ether oxygens (including phenoxy) is 1. The van der Waals surface area contributed by atoms with E-state index in [1.54, 1.807) is 7.11 Å². The highest BCUT2D eigenvalue weighted by Gasteiger charge is 2.46.